The van der Waals surface area contributed by atoms with E-state index in [0.717, 1.165) is 118 Å². The molecule has 0 amide bonds. The Morgan fingerprint density at radius 1 is 0.422 bits per heavy atom. The standard InChI is InChI=1S/C57H57F3N4/c1-26-30(5)38(13)53-45(34(26)9)22-46-35(10)27(2)31(6)39(14)54(46)63(53)51-20-43(44-18-17-42(24-61)19-50(44)57(58,59)60)21-52(49(51)25-62)64-55-40(15)32(7)28(3)36(11)47(55)23-48-37(12)29(4)33(8)41(16)56(48)64/h17-21H,22-23H2,1-16H3. The van der Waals surface area contributed by atoms with Crippen LogP contribution in [-0.4, -0.2) is 0 Å². The summed E-state index contributed by atoms with van der Waals surface area (Å²) in [6.45, 7) is 34.4. The zero-order valence-electron chi connectivity index (χ0n) is 40.2. The summed E-state index contributed by atoms with van der Waals surface area (Å²) in [5.74, 6) is 0. The molecular weight excluding hydrogens is 798 g/mol. The molecule has 2 aliphatic heterocycles. The van der Waals surface area contributed by atoms with Gasteiger partial charge in [0.2, 0.25) is 0 Å². The Bertz CT molecular complexity index is 2880. The maximum absolute atomic E-state index is 15.4. The van der Waals surface area contributed by atoms with Gasteiger partial charge < -0.3 is 9.80 Å². The molecule has 0 saturated carbocycles. The smallest absolute Gasteiger partial charge is 0.308 e. The number of rotatable bonds is 3. The molecule has 0 saturated heterocycles. The molecule has 2 aliphatic rings. The maximum atomic E-state index is 15.4. The van der Waals surface area contributed by atoms with Gasteiger partial charge in [-0.05, 0) is 257 Å². The predicted octanol–water partition coefficient (Wildman–Crippen LogP) is 15.8. The second-order valence-corrected chi connectivity index (χ2v) is 18.7. The first-order valence-corrected chi connectivity index (χ1v) is 22.2. The van der Waals surface area contributed by atoms with Crippen LogP contribution >= 0.6 is 0 Å². The van der Waals surface area contributed by atoms with Crippen molar-refractivity contribution in [3.05, 3.63) is 158 Å². The normalized spacial score (nSPS) is 13.0. The molecule has 0 aliphatic carbocycles. The summed E-state index contributed by atoms with van der Waals surface area (Å²) in [7, 11) is 0. The van der Waals surface area contributed by atoms with Crippen molar-refractivity contribution in [2.45, 2.75) is 130 Å². The molecule has 0 aromatic heterocycles. The van der Waals surface area contributed by atoms with E-state index < -0.39 is 11.7 Å². The van der Waals surface area contributed by atoms with Gasteiger partial charge in [-0.1, -0.05) is 6.07 Å². The van der Waals surface area contributed by atoms with E-state index in [4.69, 9.17) is 0 Å². The first kappa shape index (κ1) is 44.3. The molecule has 0 radical (unpaired) electrons. The van der Waals surface area contributed by atoms with Crippen LogP contribution in [0.4, 0.5) is 47.3 Å². The fraction of sp³-hybridized carbons (Fsp3) is 0.333. The Kier molecular flexibility index (Phi) is 10.5. The van der Waals surface area contributed by atoms with E-state index in [0.29, 0.717) is 35.3 Å². The molecule has 6 aromatic rings. The van der Waals surface area contributed by atoms with Crippen LogP contribution in [0.15, 0.2) is 30.3 Å². The third-order valence-electron chi connectivity index (χ3n) is 16.2. The average Bonchev–Trinajstić information content (AvgIpc) is 3.28. The molecule has 8 rings (SSSR count). The maximum Gasteiger partial charge on any atom is 0.417 e. The Labute approximate surface area is 377 Å². The van der Waals surface area contributed by atoms with Crippen molar-refractivity contribution in [1.29, 1.82) is 10.5 Å². The monoisotopic (exact) mass is 854 g/mol. The largest absolute Gasteiger partial charge is 0.417 e. The SMILES string of the molecule is Cc1c(C)c(C)c2c(c1C)Cc1c(C)c(C)c(C)c(C)c1N2c1cc(-c2ccc(C#N)cc2C(F)(F)F)cc(N2c3c(C)c(C)c(C)c(C)c3Cc3c(C)c(C)c(C)c(C)c32)c1C#N. The fourth-order valence-corrected chi connectivity index (χ4v) is 11.0. The summed E-state index contributed by atoms with van der Waals surface area (Å²) in [5.41, 5.74) is 27.4. The van der Waals surface area contributed by atoms with E-state index in [1.807, 2.05) is 6.07 Å². The molecule has 7 heteroatoms. The highest BCUT2D eigenvalue weighted by atomic mass is 19.4. The van der Waals surface area contributed by atoms with Gasteiger partial charge in [0.05, 0.1) is 51.3 Å². The van der Waals surface area contributed by atoms with Crippen molar-refractivity contribution in [3.63, 3.8) is 0 Å². The quantitative estimate of drug-likeness (QED) is 0.178. The minimum absolute atomic E-state index is 0.0599. The molecule has 0 fully saturated rings. The van der Waals surface area contributed by atoms with Crippen molar-refractivity contribution in [2.75, 3.05) is 9.80 Å². The zero-order chi connectivity index (χ0) is 46.9. The first-order valence-electron chi connectivity index (χ1n) is 22.2. The number of nitriles is 2. The summed E-state index contributed by atoms with van der Waals surface area (Å²) < 4.78 is 46.3. The number of halogens is 3. The third-order valence-corrected chi connectivity index (χ3v) is 16.2. The third kappa shape index (κ3) is 6.14. The van der Waals surface area contributed by atoms with Crippen molar-refractivity contribution in [3.8, 4) is 23.3 Å². The van der Waals surface area contributed by atoms with Crippen LogP contribution in [0.2, 0.25) is 0 Å². The van der Waals surface area contributed by atoms with Gasteiger partial charge in [-0.3, -0.25) is 0 Å². The van der Waals surface area contributed by atoms with Crippen LogP contribution in [0.25, 0.3) is 11.1 Å². The molecule has 2 heterocycles. The molecule has 0 spiro atoms. The molecule has 64 heavy (non-hydrogen) atoms. The van der Waals surface area contributed by atoms with Crippen LogP contribution in [0.1, 0.15) is 128 Å². The average molecular weight is 855 g/mol. The summed E-state index contributed by atoms with van der Waals surface area (Å²) in [6.07, 6.45) is -3.40. The zero-order valence-corrected chi connectivity index (χ0v) is 40.2. The Balaban J connectivity index is 1.65. The van der Waals surface area contributed by atoms with Crippen LogP contribution in [0.5, 0.6) is 0 Å². The van der Waals surface area contributed by atoms with Gasteiger partial charge in [0, 0.05) is 12.8 Å². The summed E-state index contributed by atoms with van der Waals surface area (Å²) in [6, 6.07) is 12.1. The van der Waals surface area contributed by atoms with Gasteiger partial charge in [-0.2, -0.15) is 23.7 Å². The molecular formula is C57H57F3N4. The lowest BCUT2D eigenvalue weighted by molar-refractivity contribution is -0.137. The highest BCUT2D eigenvalue weighted by Crippen LogP contribution is 2.57. The van der Waals surface area contributed by atoms with E-state index in [2.05, 4.69) is 127 Å². The second kappa shape index (κ2) is 15.2. The van der Waals surface area contributed by atoms with Gasteiger partial charge in [0.15, 0.2) is 0 Å². The number of nitrogens with zero attached hydrogens (tertiary/aromatic N) is 4. The van der Waals surface area contributed by atoms with E-state index in [9.17, 15) is 10.5 Å². The topological polar surface area (TPSA) is 54.1 Å². The van der Waals surface area contributed by atoms with E-state index >= 15 is 13.2 Å². The lowest BCUT2D eigenvalue weighted by atomic mass is 9.79. The summed E-state index contributed by atoms with van der Waals surface area (Å²) in [4.78, 5) is 4.45. The van der Waals surface area contributed by atoms with Crippen LogP contribution < -0.4 is 9.80 Å². The number of hydrogen-bond donors (Lipinski definition) is 0. The van der Waals surface area contributed by atoms with Crippen LogP contribution in [0, 0.1) is 133 Å². The number of hydrogen-bond acceptors (Lipinski definition) is 4. The second-order valence-electron chi connectivity index (χ2n) is 18.7. The van der Waals surface area contributed by atoms with Crippen LogP contribution in [-0.2, 0) is 19.0 Å². The molecule has 6 aromatic carbocycles. The fourth-order valence-electron chi connectivity index (χ4n) is 11.0. The van der Waals surface area contributed by atoms with Gasteiger partial charge >= 0.3 is 6.18 Å². The summed E-state index contributed by atoms with van der Waals surface area (Å²) >= 11 is 0. The number of fused-ring (bicyclic) bond motifs is 4. The predicted molar refractivity (Wildman–Crippen MR) is 257 cm³/mol. The van der Waals surface area contributed by atoms with E-state index in [1.165, 1.54) is 34.4 Å². The lowest BCUT2D eigenvalue weighted by Crippen LogP contribution is -2.27. The molecule has 0 unspecified atom stereocenters. The molecule has 0 bridgehead atoms. The van der Waals surface area contributed by atoms with E-state index in [-0.39, 0.29) is 11.1 Å². The first-order chi connectivity index (χ1) is 30.0. The minimum Gasteiger partial charge on any atom is -0.308 e. The van der Waals surface area contributed by atoms with Crippen LogP contribution in [0.3, 0.4) is 0 Å². The molecule has 0 N–H and O–H groups in total. The van der Waals surface area contributed by atoms with Crippen molar-refractivity contribution < 1.29 is 13.2 Å². The van der Waals surface area contributed by atoms with Crippen molar-refractivity contribution in [2.24, 2.45) is 0 Å². The van der Waals surface area contributed by atoms with E-state index in [1.54, 1.807) is 12.1 Å². The Morgan fingerprint density at radius 3 is 1.02 bits per heavy atom. The number of anilines is 6. The minimum atomic E-state index is -4.78. The number of benzene rings is 6. The highest BCUT2D eigenvalue weighted by Gasteiger charge is 2.40. The van der Waals surface area contributed by atoms with Gasteiger partial charge in [0.25, 0.3) is 0 Å². The van der Waals surface area contributed by atoms with Gasteiger partial charge in [0.1, 0.15) is 11.6 Å². The molecule has 4 nitrogen and oxygen atoms in total. The number of alkyl halides is 3. The van der Waals surface area contributed by atoms with Gasteiger partial charge in [-0.25, -0.2) is 0 Å². The highest BCUT2D eigenvalue weighted by molar-refractivity contribution is 5.99. The van der Waals surface area contributed by atoms with Crippen molar-refractivity contribution in [1.82, 2.24) is 0 Å². The Hall–Kier alpha value is -6.31. The Morgan fingerprint density at radius 2 is 0.734 bits per heavy atom. The summed E-state index contributed by atoms with van der Waals surface area (Å²) in [5, 5.41) is 21.8. The van der Waals surface area contributed by atoms with Gasteiger partial charge in [-0.15, -0.1) is 0 Å². The molecule has 326 valence electrons. The molecule has 0 atom stereocenters. The van der Waals surface area contributed by atoms with Crippen molar-refractivity contribution >= 4 is 34.1 Å². The lowest BCUT2D eigenvalue weighted by Gasteiger charge is -2.42.